The fourth-order valence-corrected chi connectivity index (χ4v) is 2.52. The average molecular weight is 225 g/mol. The Morgan fingerprint density at radius 2 is 2.33 bits per heavy atom. The zero-order chi connectivity index (χ0) is 11.0. The molecule has 1 unspecified atom stereocenters. The van der Waals surface area contributed by atoms with Crippen molar-refractivity contribution in [3.8, 4) is 0 Å². The number of anilines is 1. The van der Waals surface area contributed by atoms with Crippen LogP contribution in [0.15, 0.2) is 11.4 Å². The Hall–Kier alpha value is -1.03. The third-order valence-electron chi connectivity index (χ3n) is 3.12. The van der Waals surface area contributed by atoms with E-state index in [1.54, 1.807) is 6.07 Å². The molecule has 0 aliphatic heterocycles. The highest BCUT2D eigenvalue weighted by molar-refractivity contribution is 7.12. The first kappa shape index (κ1) is 10.5. The Labute approximate surface area is 93.3 Å². The number of aromatic carboxylic acids is 1. The van der Waals surface area contributed by atoms with Crippen LogP contribution in [0.4, 0.5) is 5.69 Å². The summed E-state index contributed by atoms with van der Waals surface area (Å²) in [4.78, 5) is 13.3. The summed E-state index contributed by atoms with van der Waals surface area (Å²) in [5.74, 6) is -0.0399. The van der Waals surface area contributed by atoms with E-state index in [0.29, 0.717) is 10.9 Å². The molecule has 82 valence electrons. The molecule has 1 aliphatic rings. The van der Waals surface area contributed by atoms with Crippen LogP contribution < -0.4 is 4.90 Å². The van der Waals surface area contributed by atoms with Crippen molar-refractivity contribution in [3.63, 3.8) is 0 Å². The zero-order valence-electron chi connectivity index (χ0n) is 8.93. The van der Waals surface area contributed by atoms with Gasteiger partial charge in [0.2, 0.25) is 0 Å². The molecule has 0 radical (unpaired) electrons. The lowest BCUT2D eigenvalue weighted by molar-refractivity contribution is 0.0702. The fourth-order valence-electron chi connectivity index (χ4n) is 1.75. The molecule has 1 atom stereocenters. The van der Waals surface area contributed by atoms with Crippen LogP contribution in [0.3, 0.4) is 0 Å². The van der Waals surface area contributed by atoms with E-state index >= 15 is 0 Å². The molecular formula is C11H15NO2S. The number of carboxylic acid groups (broad SMARTS) is 1. The molecule has 1 fully saturated rings. The van der Waals surface area contributed by atoms with Crippen LogP contribution in [0, 0.1) is 5.92 Å². The molecule has 0 saturated heterocycles. The van der Waals surface area contributed by atoms with Crippen molar-refractivity contribution in [1.29, 1.82) is 0 Å². The van der Waals surface area contributed by atoms with Crippen molar-refractivity contribution in [2.24, 2.45) is 5.92 Å². The summed E-state index contributed by atoms with van der Waals surface area (Å²) in [6.45, 7) is 2.20. The Kier molecular flexibility index (Phi) is 2.69. The fraction of sp³-hybridized carbons (Fsp3) is 0.545. The average Bonchev–Trinajstić information content (AvgIpc) is 2.93. The van der Waals surface area contributed by atoms with Crippen LogP contribution in [0.2, 0.25) is 0 Å². The van der Waals surface area contributed by atoms with E-state index in [1.165, 1.54) is 24.2 Å². The minimum Gasteiger partial charge on any atom is -0.477 e. The van der Waals surface area contributed by atoms with Gasteiger partial charge in [-0.2, -0.15) is 0 Å². The van der Waals surface area contributed by atoms with Gasteiger partial charge in [-0.3, -0.25) is 0 Å². The van der Waals surface area contributed by atoms with Crippen molar-refractivity contribution in [3.05, 3.63) is 16.3 Å². The quantitative estimate of drug-likeness (QED) is 0.856. The van der Waals surface area contributed by atoms with Crippen LogP contribution in [-0.4, -0.2) is 24.2 Å². The molecule has 1 aromatic heterocycles. The van der Waals surface area contributed by atoms with E-state index in [-0.39, 0.29) is 0 Å². The third-order valence-corrected chi connectivity index (χ3v) is 4.02. The van der Waals surface area contributed by atoms with Crippen molar-refractivity contribution in [1.82, 2.24) is 0 Å². The smallest absolute Gasteiger partial charge is 0.345 e. The minimum atomic E-state index is -0.835. The number of nitrogens with zero attached hydrogens (tertiary/aromatic N) is 1. The maximum atomic E-state index is 10.7. The highest BCUT2D eigenvalue weighted by Crippen LogP contribution is 2.37. The lowest BCUT2D eigenvalue weighted by Gasteiger charge is -2.25. The van der Waals surface area contributed by atoms with Crippen molar-refractivity contribution < 1.29 is 9.90 Å². The Bertz CT molecular complexity index is 370. The summed E-state index contributed by atoms with van der Waals surface area (Å²) in [5.41, 5.74) is 1.02. The number of carboxylic acids is 1. The lowest BCUT2D eigenvalue weighted by Crippen LogP contribution is -2.30. The van der Waals surface area contributed by atoms with E-state index in [9.17, 15) is 4.79 Å². The van der Waals surface area contributed by atoms with Crippen molar-refractivity contribution in [2.75, 3.05) is 11.9 Å². The third kappa shape index (κ3) is 2.15. The Morgan fingerprint density at radius 3 is 2.80 bits per heavy atom. The zero-order valence-corrected chi connectivity index (χ0v) is 9.75. The van der Waals surface area contributed by atoms with Gasteiger partial charge in [0.15, 0.2) is 0 Å². The van der Waals surface area contributed by atoms with Gasteiger partial charge in [0.1, 0.15) is 4.88 Å². The summed E-state index contributed by atoms with van der Waals surface area (Å²) < 4.78 is 0. The number of thiophene rings is 1. The first-order chi connectivity index (χ1) is 7.09. The molecule has 1 heterocycles. The van der Waals surface area contributed by atoms with Gasteiger partial charge in [0, 0.05) is 24.2 Å². The van der Waals surface area contributed by atoms with E-state index in [1.807, 2.05) is 12.4 Å². The molecule has 3 nitrogen and oxygen atoms in total. The minimum absolute atomic E-state index is 0.417. The number of hydrogen-bond donors (Lipinski definition) is 1. The van der Waals surface area contributed by atoms with Gasteiger partial charge in [-0.05, 0) is 31.7 Å². The molecule has 0 bridgehead atoms. The Balaban J connectivity index is 2.10. The molecule has 1 N–H and O–H groups in total. The largest absolute Gasteiger partial charge is 0.477 e. The second-order valence-electron chi connectivity index (χ2n) is 4.16. The molecule has 1 saturated carbocycles. The SMILES string of the molecule is CC(C1CC1)N(C)c1csc(C(=O)O)c1. The van der Waals surface area contributed by atoms with Gasteiger partial charge in [-0.1, -0.05) is 0 Å². The van der Waals surface area contributed by atoms with Crippen LogP contribution in [0.5, 0.6) is 0 Å². The molecule has 1 aromatic rings. The van der Waals surface area contributed by atoms with E-state index in [4.69, 9.17) is 5.11 Å². The van der Waals surface area contributed by atoms with Gasteiger partial charge in [0.05, 0.1) is 0 Å². The van der Waals surface area contributed by atoms with Crippen LogP contribution in [0.25, 0.3) is 0 Å². The highest BCUT2D eigenvalue weighted by Gasteiger charge is 2.31. The lowest BCUT2D eigenvalue weighted by atomic mass is 10.2. The van der Waals surface area contributed by atoms with Crippen molar-refractivity contribution >= 4 is 23.0 Å². The molecule has 0 aromatic carbocycles. The first-order valence-electron chi connectivity index (χ1n) is 5.14. The van der Waals surface area contributed by atoms with Gasteiger partial charge >= 0.3 is 5.97 Å². The highest BCUT2D eigenvalue weighted by atomic mass is 32.1. The number of hydrogen-bond acceptors (Lipinski definition) is 3. The molecule has 1 aliphatic carbocycles. The maximum Gasteiger partial charge on any atom is 0.345 e. The van der Waals surface area contributed by atoms with Gasteiger partial charge in [-0.15, -0.1) is 11.3 Å². The molecule has 0 spiro atoms. The summed E-state index contributed by atoms with van der Waals surface area (Å²) >= 11 is 1.29. The summed E-state index contributed by atoms with van der Waals surface area (Å²) in [7, 11) is 2.04. The first-order valence-corrected chi connectivity index (χ1v) is 6.02. The standard InChI is InChI=1S/C11H15NO2S/c1-7(8-3-4-8)12(2)9-5-10(11(13)14)15-6-9/h5-8H,3-4H2,1-2H3,(H,13,14). The molecule has 4 heteroatoms. The molecular weight excluding hydrogens is 210 g/mol. The summed E-state index contributed by atoms with van der Waals surface area (Å²) in [5, 5.41) is 10.8. The molecule has 2 rings (SSSR count). The van der Waals surface area contributed by atoms with E-state index in [2.05, 4.69) is 11.8 Å². The van der Waals surface area contributed by atoms with Crippen molar-refractivity contribution in [2.45, 2.75) is 25.8 Å². The summed E-state index contributed by atoms with van der Waals surface area (Å²) in [6.07, 6.45) is 2.61. The normalized spacial score (nSPS) is 17.5. The van der Waals surface area contributed by atoms with E-state index < -0.39 is 5.97 Å². The summed E-state index contributed by atoms with van der Waals surface area (Å²) in [6, 6.07) is 2.27. The molecule has 15 heavy (non-hydrogen) atoms. The second-order valence-corrected chi connectivity index (χ2v) is 5.07. The number of rotatable bonds is 4. The van der Waals surface area contributed by atoms with Crippen LogP contribution in [0.1, 0.15) is 29.4 Å². The Morgan fingerprint density at radius 1 is 1.67 bits per heavy atom. The van der Waals surface area contributed by atoms with Gasteiger partial charge < -0.3 is 10.0 Å². The van der Waals surface area contributed by atoms with Crippen LogP contribution in [-0.2, 0) is 0 Å². The van der Waals surface area contributed by atoms with E-state index in [0.717, 1.165) is 11.6 Å². The predicted octanol–water partition coefficient (Wildman–Crippen LogP) is 2.68. The predicted molar refractivity (Wildman–Crippen MR) is 61.9 cm³/mol. The van der Waals surface area contributed by atoms with Crippen LogP contribution >= 0.6 is 11.3 Å². The maximum absolute atomic E-state index is 10.7. The monoisotopic (exact) mass is 225 g/mol. The topological polar surface area (TPSA) is 40.5 Å². The van der Waals surface area contributed by atoms with Gasteiger partial charge in [0.25, 0.3) is 0 Å². The number of carbonyl (C=O) groups is 1. The molecule has 0 amide bonds. The van der Waals surface area contributed by atoms with Gasteiger partial charge in [-0.25, -0.2) is 4.79 Å². The second kappa shape index (κ2) is 3.85.